The monoisotopic (exact) mass is 370 g/mol. The Hall–Kier alpha value is -2.29. The molecule has 2 aromatic rings. The van der Waals surface area contributed by atoms with E-state index in [0.29, 0.717) is 5.56 Å². The molecule has 0 spiro atoms. The first-order chi connectivity index (χ1) is 12.2. The minimum absolute atomic E-state index is 0.0482. The van der Waals surface area contributed by atoms with Gasteiger partial charge in [-0.1, -0.05) is 6.92 Å². The molecule has 6 nitrogen and oxygen atoms in total. The molecule has 26 heavy (non-hydrogen) atoms. The number of alkyl halides is 3. The lowest BCUT2D eigenvalue weighted by atomic mass is 9.75. The lowest BCUT2D eigenvalue weighted by molar-refractivity contribution is -0.137. The Morgan fingerprint density at radius 3 is 2.58 bits per heavy atom. The molecule has 142 valence electrons. The molecule has 1 unspecified atom stereocenters. The smallest absolute Gasteiger partial charge is 0.388 e. The highest BCUT2D eigenvalue weighted by Crippen LogP contribution is 2.40. The van der Waals surface area contributed by atoms with Crippen LogP contribution in [0.5, 0.6) is 0 Å². The Bertz CT molecular complexity index is 822. The molecule has 1 atom stereocenters. The predicted molar refractivity (Wildman–Crippen MR) is 90.9 cm³/mol. The third kappa shape index (κ3) is 3.77. The van der Waals surface area contributed by atoms with Gasteiger partial charge in [0.15, 0.2) is 0 Å². The van der Waals surface area contributed by atoms with Gasteiger partial charge >= 0.3 is 11.9 Å². The standard InChI is InChI=1S/C17H21F3N4O2/c1-10(16(2)5-7-21-8-6-16)22-13-9-11(14-23-24-15(25)26-14)3-4-12(13)17(18,19)20/h3-4,9-10,21-22H,5-8H2,1-2H3,(H,24,25). The van der Waals surface area contributed by atoms with Crippen molar-refractivity contribution in [1.82, 2.24) is 15.5 Å². The van der Waals surface area contributed by atoms with Gasteiger partial charge in [0.25, 0.3) is 0 Å². The maximum absolute atomic E-state index is 13.4. The van der Waals surface area contributed by atoms with Crippen molar-refractivity contribution in [1.29, 1.82) is 0 Å². The van der Waals surface area contributed by atoms with E-state index in [0.717, 1.165) is 32.0 Å². The van der Waals surface area contributed by atoms with E-state index in [1.807, 2.05) is 6.92 Å². The zero-order valence-corrected chi connectivity index (χ0v) is 14.5. The van der Waals surface area contributed by atoms with Crippen molar-refractivity contribution in [2.24, 2.45) is 5.41 Å². The zero-order valence-electron chi connectivity index (χ0n) is 14.5. The van der Waals surface area contributed by atoms with Gasteiger partial charge in [0.2, 0.25) is 5.89 Å². The zero-order chi connectivity index (χ0) is 18.9. The fraction of sp³-hybridized carbons (Fsp3) is 0.529. The predicted octanol–water partition coefficient (Wildman–Crippen LogP) is 3.24. The average molecular weight is 370 g/mol. The Morgan fingerprint density at radius 2 is 2.00 bits per heavy atom. The summed E-state index contributed by atoms with van der Waals surface area (Å²) in [5.74, 6) is -0.808. The van der Waals surface area contributed by atoms with Gasteiger partial charge in [0, 0.05) is 17.3 Å². The van der Waals surface area contributed by atoms with Gasteiger partial charge in [0.05, 0.1) is 5.56 Å². The Balaban J connectivity index is 1.95. The Morgan fingerprint density at radius 1 is 1.31 bits per heavy atom. The molecule has 1 fully saturated rings. The summed E-state index contributed by atoms with van der Waals surface area (Å²) >= 11 is 0. The number of H-pyrrole nitrogens is 1. The molecule has 1 aromatic heterocycles. The first-order valence-electron chi connectivity index (χ1n) is 8.43. The van der Waals surface area contributed by atoms with Crippen molar-refractivity contribution in [3.63, 3.8) is 0 Å². The number of hydrogen-bond donors (Lipinski definition) is 3. The number of nitrogens with zero attached hydrogens (tertiary/aromatic N) is 1. The van der Waals surface area contributed by atoms with Crippen molar-refractivity contribution < 1.29 is 17.6 Å². The molecule has 1 saturated heterocycles. The number of rotatable bonds is 4. The van der Waals surface area contributed by atoms with Crippen LogP contribution in [0.3, 0.4) is 0 Å². The van der Waals surface area contributed by atoms with Crippen LogP contribution >= 0.6 is 0 Å². The average Bonchev–Trinajstić information content (AvgIpc) is 3.01. The molecule has 2 heterocycles. The van der Waals surface area contributed by atoms with Crippen LogP contribution in [0.4, 0.5) is 18.9 Å². The van der Waals surface area contributed by atoms with Gasteiger partial charge in [-0.15, -0.1) is 5.10 Å². The number of anilines is 1. The minimum Gasteiger partial charge on any atom is -0.388 e. The number of hydrogen-bond acceptors (Lipinski definition) is 5. The lowest BCUT2D eigenvalue weighted by Crippen LogP contribution is -2.44. The molecule has 1 aliphatic rings. The SMILES string of the molecule is CC(Nc1cc(-c2n[nH]c(=O)o2)ccc1C(F)(F)F)C1(C)CCNCC1. The van der Waals surface area contributed by atoms with Crippen molar-refractivity contribution in [3.8, 4) is 11.5 Å². The summed E-state index contributed by atoms with van der Waals surface area (Å²) in [6, 6.07) is 3.36. The third-order valence-electron chi connectivity index (χ3n) is 5.17. The molecular weight excluding hydrogens is 349 g/mol. The van der Waals surface area contributed by atoms with Crippen LogP contribution in [-0.2, 0) is 6.18 Å². The summed E-state index contributed by atoms with van der Waals surface area (Å²) in [7, 11) is 0. The second-order valence-corrected chi connectivity index (χ2v) is 6.95. The molecule has 0 saturated carbocycles. The van der Waals surface area contributed by atoms with E-state index in [-0.39, 0.29) is 23.0 Å². The van der Waals surface area contributed by atoms with Gasteiger partial charge in [-0.25, -0.2) is 9.89 Å². The topological polar surface area (TPSA) is 83.0 Å². The molecule has 0 bridgehead atoms. The van der Waals surface area contributed by atoms with Crippen LogP contribution in [0.15, 0.2) is 27.4 Å². The molecule has 0 aliphatic carbocycles. The van der Waals surface area contributed by atoms with Crippen LogP contribution < -0.4 is 16.4 Å². The largest absolute Gasteiger partial charge is 0.434 e. The van der Waals surface area contributed by atoms with E-state index in [9.17, 15) is 18.0 Å². The van der Waals surface area contributed by atoms with Gasteiger partial charge < -0.3 is 15.1 Å². The van der Waals surface area contributed by atoms with Crippen LogP contribution in [0.2, 0.25) is 0 Å². The van der Waals surface area contributed by atoms with E-state index < -0.39 is 17.5 Å². The highest BCUT2D eigenvalue weighted by Gasteiger charge is 2.37. The summed E-state index contributed by atoms with van der Waals surface area (Å²) in [5, 5.41) is 12.1. The van der Waals surface area contributed by atoms with Gasteiger partial charge in [-0.2, -0.15) is 13.2 Å². The number of piperidine rings is 1. The molecule has 9 heteroatoms. The number of benzene rings is 1. The summed E-state index contributed by atoms with van der Waals surface area (Å²) < 4.78 is 45.1. The highest BCUT2D eigenvalue weighted by molar-refractivity contribution is 5.65. The first-order valence-corrected chi connectivity index (χ1v) is 8.43. The number of aromatic nitrogens is 2. The highest BCUT2D eigenvalue weighted by atomic mass is 19.4. The normalized spacial score (nSPS) is 18.5. The summed E-state index contributed by atoms with van der Waals surface area (Å²) in [5.41, 5.74) is -0.638. The van der Waals surface area contributed by atoms with Crippen LogP contribution in [0, 0.1) is 5.41 Å². The summed E-state index contributed by atoms with van der Waals surface area (Å²) in [6.45, 7) is 5.66. The fourth-order valence-electron chi connectivity index (χ4n) is 3.24. The second kappa shape index (κ2) is 6.79. The van der Waals surface area contributed by atoms with Crippen molar-refractivity contribution in [2.45, 2.75) is 38.9 Å². The summed E-state index contributed by atoms with van der Waals surface area (Å²) in [4.78, 5) is 11.1. The van der Waals surface area contributed by atoms with E-state index in [1.165, 1.54) is 12.1 Å². The van der Waals surface area contributed by atoms with Gasteiger partial charge in [-0.05, 0) is 56.5 Å². The Labute approximate surface area is 148 Å². The molecular formula is C17H21F3N4O2. The van der Waals surface area contributed by atoms with Gasteiger partial charge in [0.1, 0.15) is 0 Å². The lowest BCUT2D eigenvalue weighted by Gasteiger charge is -2.40. The molecule has 3 N–H and O–H groups in total. The molecule has 0 radical (unpaired) electrons. The molecule has 3 rings (SSSR count). The quantitative estimate of drug-likeness (QED) is 0.770. The number of halogens is 3. The van der Waals surface area contributed by atoms with Crippen LogP contribution in [0.1, 0.15) is 32.3 Å². The first kappa shape index (κ1) is 18.5. The summed E-state index contributed by atoms with van der Waals surface area (Å²) in [6.07, 6.45) is -2.76. The number of aromatic amines is 1. The van der Waals surface area contributed by atoms with Crippen molar-refractivity contribution >= 4 is 5.69 Å². The van der Waals surface area contributed by atoms with Gasteiger partial charge in [-0.3, -0.25) is 0 Å². The molecule has 0 amide bonds. The van der Waals surface area contributed by atoms with E-state index in [1.54, 1.807) is 0 Å². The fourth-order valence-corrected chi connectivity index (χ4v) is 3.24. The van der Waals surface area contributed by atoms with Crippen LogP contribution in [-0.4, -0.2) is 29.3 Å². The molecule has 1 aromatic carbocycles. The van der Waals surface area contributed by atoms with E-state index in [2.05, 4.69) is 27.8 Å². The maximum atomic E-state index is 13.4. The van der Waals surface area contributed by atoms with Crippen molar-refractivity contribution in [3.05, 3.63) is 34.3 Å². The molecule has 1 aliphatic heterocycles. The van der Waals surface area contributed by atoms with E-state index in [4.69, 9.17) is 4.42 Å². The second-order valence-electron chi connectivity index (χ2n) is 6.95. The van der Waals surface area contributed by atoms with Crippen LogP contribution in [0.25, 0.3) is 11.5 Å². The van der Waals surface area contributed by atoms with E-state index >= 15 is 0 Å². The third-order valence-corrected chi connectivity index (χ3v) is 5.17. The van der Waals surface area contributed by atoms with Crippen molar-refractivity contribution in [2.75, 3.05) is 18.4 Å². The Kier molecular flexibility index (Phi) is 4.83. The number of nitrogens with one attached hydrogen (secondary N) is 3. The maximum Gasteiger partial charge on any atom is 0.434 e. The minimum atomic E-state index is -4.50.